The fourth-order valence-corrected chi connectivity index (χ4v) is 4.53. The zero-order valence-corrected chi connectivity index (χ0v) is 20.0. The van der Waals surface area contributed by atoms with E-state index in [0.717, 1.165) is 42.5 Å². The van der Waals surface area contributed by atoms with Crippen LogP contribution in [0.2, 0.25) is 0 Å². The van der Waals surface area contributed by atoms with Crippen LogP contribution in [0.1, 0.15) is 30.2 Å². The zero-order chi connectivity index (χ0) is 22.3. The molecule has 160 valence electrons. The van der Waals surface area contributed by atoms with Crippen LogP contribution < -0.4 is 5.32 Å². The number of nitrogens with one attached hydrogen (secondary N) is 1. The number of aliphatic imine (C=N–C) groups is 1. The molecule has 0 saturated carbocycles. The van der Waals surface area contributed by atoms with Gasteiger partial charge in [-0.05, 0) is 43.3 Å². The van der Waals surface area contributed by atoms with E-state index in [4.69, 9.17) is 4.99 Å². The number of halogens is 1. The first kappa shape index (κ1) is 22.2. The minimum Gasteiger partial charge on any atom is -0.350 e. The summed E-state index contributed by atoms with van der Waals surface area (Å²) in [6, 6.07) is 22.2. The van der Waals surface area contributed by atoms with Crippen molar-refractivity contribution in [2.24, 2.45) is 4.99 Å². The van der Waals surface area contributed by atoms with Crippen molar-refractivity contribution >= 4 is 39.3 Å². The number of nitrogens with zero attached hydrogens (tertiary/aromatic N) is 2. The zero-order valence-electron chi connectivity index (χ0n) is 17.6. The number of fused-ring (bicyclic) bond motifs is 1. The molecule has 0 bridgehead atoms. The van der Waals surface area contributed by atoms with Crippen molar-refractivity contribution < 1.29 is 4.79 Å². The summed E-state index contributed by atoms with van der Waals surface area (Å²) in [6.45, 7) is 2.44. The molecule has 0 saturated heterocycles. The molecule has 1 aromatic heterocycles. The lowest BCUT2D eigenvalue weighted by molar-refractivity contribution is -0.120. The Hall–Kier alpha value is -2.96. The van der Waals surface area contributed by atoms with Gasteiger partial charge in [0.1, 0.15) is 0 Å². The molecule has 1 amide bonds. The number of benzene rings is 2. The van der Waals surface area contributed by atoms with Crippen LogP contribution in [-0.2, 0) is 11.3 Å². The van der Waals surface area contributed by atoms with Crippen molar-refractivity contribution in [3.63, 3.8) is 0 Å². The summed E-state index contributed by atoms with van der Waals surface area (Å²) in [6.07, 6.45) is 5.91. The number of rotatable bonds is 6. The molecule has 0 aliphatic carbocycles. The Morgan fingerprint density at radius 2 is 1.84 bits per heavy atom. The third-order valence-corrected chi connectivity index (χ3v) is 6.64. The highest BCUT2D eigenvalue weighted by molar-refractivity contribution is 9.10. The second-order valence-electron chi connectivity index (χ2n) is 7.22. The molecule has 32 heavy (non-hydrogen) atoms. The Morgan fingerprint density at radius 3 is 2.62 bits per heavy atom. The van der Waals surface area contributed by atoms with Gasteiger partial charge in [-0.15, -0.1) is 0 Å². The maximum Gasteiger partial charge on any atom is 0.224 e. The lowest BCUT2D eigenvalue weighted by Gasteiger charge is -2.09. The van der Waals surface area contributed by atoms with Crippen molar-refractivity contribution in [2.75, 3.05) is 0 Å². The third-order valence-electron chi connectivity index (χ3n) is 4.88. The van der Waals surface area contributed by atoms with E-state index in [0.29, 0.717) is 13.0 Å². The lowest BCUT2D eigenvalue weighted by Crippen LogP contribution is -2.22. The second kappa shape index (κ2) is 10.6. The molecule has 1 aliphatic heterocycles. The molecule has 0 spiro atoms. The molecular formula is C26H22BrN3OS. The Bertz CT molecular complexity index is 1200. The standard InChI is InChI=1S/C26H22BrN3OS/c1-18-23(10-6-11-25(31)29-17-21-7-4-5-16-28-21)32-24-9-3-2-8-22(24)26(30-18)19-12-14-20(27)15-13-19/h2-10,12-16H,11,17H2,1H3,(H,29,31)/b10-6-. The van der Waals surface area contributed by atoms with Crippen LogP contribution in [0, 0.1) is 0 Å². The van der Waals surface area contributed by atoms with E-state index >= 15 is 0 Å². The molecule has 1 aliphatic rings. The molecular weight excluding hydrogens is 482 g/mol. The van der Waals surface area contributed by atoms with Crippen molar-refractivity contribution in [3.05, 3.63) is 117 Å². The van der Waals surface area contributed by atoms with Crippen LogP contribution in [-0.4, -0.2) is 16.6 Å². The Balaban J connectivity index is 1.52. The van der Waals surface area contributed by atoms with E-state index < -0.39 is 0 Å². The van der Waals surface area contributed by atoms with Gasteiger partial charge in [0, 0.05) is 38.0 Å². The first-order valence-electron chi connectivity index (χ1n) is 10.3. The van der Waals surface area contributed by atoms with Crippen molar-refractivity contribution in [1.82, 2.24) is 10.3 Å². The van der Waals surface area contributed by atoms with Crippen LogP contribution in [0.5, 0.6) is 0 Å². The van der Waals surface area contributed by atoms with Crippen LogP contribution in [0.25, 0.3) is 0 Å². The Kier molecular flexibility index (Phi) is 7.35. The fourth-order valence-electron chi connectivity index (χ4n) is 3.25. The van der Waals surface area contributed by atoms with Gasteiger partial charge in [-0.3, -0.25) is 14.8 Å². The van der Waals surface area contributed by atoms with Crippen molar-refractivity contribution in [2.45, 2.75) is 24.8 Å². The van der Waals surface area contributed by atoms with Gasteiger partial charge in [-0.25, -0.2) is 0 Å². The average Bonchev–Trinajstić information content (AvgIpc) is 2.95. The number of amides is 1. The number of carbonyl (C=O) groups excluding carboxylic acids is 1. The number of pyridine rings is 1. The highest BCUT2D eigenvalue weighted by atomic mass is 79.9. The molecule has 0 atom stereocenters. The second-order valence-corrected chi connectivity index (χ2v) is 9.22. The summed E-state index contributed by atoms with van der Waals surface area (Å²) in [7, 11) is 0. The minimum absolute atomic E-state index is 0.0387. The van der Waals surface area contributed by atoms with Gasteiger partial charge in [-0.2, -0.15) is 0 Å². The molecule has 2 heterocycles. The maximum atomic E-state index is 12.2. The smallest absolute Gasteiger partial charge is 0.224 e. The molecule has 1 N–H and O–H groups in total. The van der Waals surface area contributed by atoms with Crippen LogP contribution in [0.3, 0.4) is 0 Å². The number of carbonyl (C=O) groups is 1. The molecule has 0 fully saturated rings. The number of allylic oxidation sites excluding steroid dienone is 2. The van der Waals surface area contributed by atoms with Crippen LogP contribution >= 0.6 is 27.7 Å². The number of hydrogen-bond acceptors (Lipinski definition) is 4. The van der Waals surface area contributed by atoms with E-state index in [9.17, 15) is 4.79 Å². The summed E-state index contributed by atoms with van der Waals surface area (Å²) in [5.74, 6) is -0.0387. The monoisotopic (exact) mass is 503 g/mol. The fraction of sp³-hybridized carbons (Fsp3) is 0.115. The third kappa shape index (κ3) is 5.64. The minimum atomic E-state index is -0.0387. The van der Waals surface area contributed by atoms with E-state index in [-0.39, 0.29) is 5.91 Å². The van der Waals surface area contributed by atoms with Crippen molar-refractivity contribution in [3.8, 4) is 0 Å². The summed E-state index contributed by atoms with van der Waals surface area (Å²) in [5, 5.41) is 2.90. The molecule has 4 rings (SSSR count). The van der Waals surface area contributed by atoms with E-state index in [1.807, 2.05) is 61.5 Å². The van der Waals surface area contributed by atoms with Gasteiger partial charge in [0.25, 0.3) is 0 Å². The topological polar surface area (TPSA) is 54.4 Å². The first-order chi connectivity index (χ1) is 15.6. The van der Waals surface area contributed by atoms with Crippen molar-refractivity contribution in [1.29, 1.82) is 0 Å². The number of thioether (sulfide) groups is 1. The molecule has 4 nitrogen and oxygen atoms in total. The van der Waals surface area contributed by atoms with Crippen LogP contribution in [0.15, 0.2) is 110 Å². The molecule has 2 aromatic carbocycles. The van der Waals surface area contributed by atoms with Gasteiger partial charge < -0.3 is 5.32 Å². The van der Waals surface area contributed by atoms with E-state index in [1.165, 1.54) is 0 Å². The summed E-state index contributed by atoms with van der Waals surface area (Å²) in [5.41, 5.74) is 4.90. The number of hydrogen-bond donors (Lipinski definition) is 1. The normalized spacial score (nSPS) is 13.5. The lowest BCUT2D eigenvalue weighted by atomic mass is 10.0. The molecule has 6 heteroatoms. The predicted molar refractivity (Wildman–Crippen MR) is 135 cm³/mol. The summed E-state index contributed by atoms with van der Waals surface area (Å²) in [4.78, 5) is 23.6. The molecule has 3 aromatic rings. The van der Waals surface area contributed by atoms with E-state index in [1.54, 1.807) is 18.0 Å². The largest absolute Gasteiger partial charge is 0.350 e. The quantitative estimate of drug-likeness (QED) is 0.430. The van der Waals surface area contributed by atoms with Gasteiger partial charge in [-0.1, -0.05) is 70.2 Å². The van der Waals surface area contributed by atoms with Gasteiger partial charge in [0.05, 0.1) is 23.6 Å². The van der Waals surface area contributed by atoms with Gasteiger partial charge >= 0.3 is 0 Å². The SMILES string of the molecule is CC1=C(/C=C\CC(=O)NCc2ccccn2)Sc2ccccc2C(c2ccc(Br)cc2)=N1. The van der Waals surface area contributed by atoms with Crippen LogP contribution in [0.4, 0.5) is 0 Å². The summed E-state index contributed by atoms with van der Waals surface area (Å²) < 4.78 is 1.04. The molecule has 0 radical (unpaired) electrons. The highest BCUT2D eigenvalue weighted by Gasteiger charge is 2.17. The van der Waals surface area contributed by atoms with Gasteiger partial charge in [0.2, 0.25) is 5.91 Å². The van der Waals surface area contributed by atoms with E-state index in [2.05, 4.69) is 50.5 Å². The predicted octanol–water partition coefficient (Wildman–Crippen LogP) is 6.28. The molecule has 0 unspecified atom stereocenters. The summed E-state index contributed by atoms with van der Waals surface area (Å²) >= 11 is 5.18. The first-order valence-corrected chi connectivity index (χ1v) is 11.9. The Labute approximate surface area is 200 Å². The maximum absolute atomic E-state index is 12.2. The Morgan fingerprint density at radius 1 is 1.06 bits per heavy atom. The van der Waals surface area contributed by atoms with Gasteiger partial charge in [0.15, 0.2) is 0 Å². The average molecular weight is 504 g/mol. The highest BCUT2D eigenvalue weighted by Crippen LogP contribution is 2.37. The number of aromatic nitrogens is 1.